The first-order chi connectivity index (χ1) is 10.5. The van der Waals surface area contributed by atoms with E-state index in [1.807, 2.05) is 0 Å². The van der Waals surface area contributed by atoms with Crippen molar-refractivity contribution in [2.45, 2.75) is 18.9 Å². The van der Waals surface area contributed by atoms with E-state index >= 15 is 0 Å². The lowest BCUT2D eigenvalue weighted by molar-refractivity contribution is 0.163. The molecule has 118 valence electrons. The standard InChI is InChI=1S/C17H23N3O2/c1-19(2)7-6-13-10-18-16-5-4-12(9-15(13)16)8-14-11-22-17(21)20(14)3/h4-5,9-10,14,18H,6-8,11H2,1-3H3. The molecule has 0 bridgehead atoms. The number of hydrogen-bond acceptors (Lipinski definition) is 3. The van der Waals surface area contributed by atoms with Crippen LogP contribution >= 0.6 is 0 Å². The van der Waals surface area contributed by atoms with Crippen molar-refractivity contribution in [2.75, 3.05) is 34.3 Å². The maximum atomic E-state index is 11.4. The number of nitrogens with one attached hydrogen (secondary N) is 1. The van der Waals surface area contributed by atoms with Crippen molar-refractivity contribution in [3.8, 4) is 0 Å². The van der Waals surface area contributed by atoms with Gasteiger partial charge in [0.2, 0.25) is 0 Å². The van der Waals surface area contributed by atoms with Gasteiger partial charge in [-0.25, -0.2) is 4.79 Å². The molecule has 1 aromatic carbocycles. The number of fused-ring (bicyclic) bond motifs is 1. The van der Waals surface area contributed by atoms with Crippen LogP contribution in [-0.4, -0.2) is 61.2 Å². The van der Waals surface area contributed by atoms with E-state index < -0.39 is 0 Å². The average molecular weight is 301 g/mol. The van der Waals surface area contributed by atoms with E-state index in [9.17, 15) is 4.79 Å². The molecule has 0 radical (unpaired) electrons. The Morgan fingerprint density at radius 2 is 2.23 bits per heavy atom. The quantitative estimate of drug-likeness (QED) is 0.921. The predicted octanol–water partition coefficient (Wildman–Crippen LogP) is 2.27. The van der Waals surface area contributed by atoms with Crippen molar-refractivity contribution in [3.63, 3.8) is 0 Å². The lowest BCUT2D eigenvalue weighted by Crippen LogP contribution is -2.31. The molecule has 1 saturated heterocycles. The van der Waals surface area contributed by atoms with Gasteiger partial charge in [0.05, 0.1) is 6.04 Å². The average Bonchev–Trinajstić information content (AvgIpc) is 3.03. The number of aromatic amines is 1. The smallest absolute Gasteiger partial charge is 0.409 e. The van der Waals surface area contributed by atoms with E-state index in [0.29, 0.717) is 6.61 Å². The zero-order chi connectivity index (χ0) is 15.7. The number of nitrogens with zero attached hydrogens (tertiary/aromatic N) is 2. The van der Waals surface area contributed by atoms with E-state index in [-0.39, 0.29) is 12.1 Å². The minimum Gasteiger partial charge on any atom is -0.447 e. The summed E-state index contributed by atoms with van der Waals surface area (Å²) in [5.74, 6) is 0. The summed E-state index contributed by atoms with van der Waals surface area (Å²) in [5.41, 5.74) is 3.76. The highest BCUT2D eigenvalue weighted by atomic mass is 16.6. The lowest BCUT2D eigenvalue weighted by Gasteiger charge is -2.16. The molecule has 1 aromatic heterocycles. The summed E-state index contributed by atoms with van der Waals surface area (Å²) < 4.78 is 5.09. The van der Waals surface area contributed by atoms with Crippen molar-refractivity contribution in [1.29, 1.82) is 0 Å². The van der Waals surface area contributed by atoms with Crippen LogP contribution in [-0.2, 0) is 17.6 Å². The molecule has 1 aliphatic rings. The fourth-order valence-corrected chi connectivity index (χ4v) is 2.90. The maximum Gasteiger partial charge on any atom is 0.409 e. The Labute approximate surface area is 130 Å². The van der Waals surface area contributed by atoms with Gasteiger partial charge in [0.1, 0.15) is 6.61 Å². The summed E-state index contributed by atoms with van der Waals surface area (Å²) >= 11 is 0. The van der Waals surface area contributed by atoms with E-state index in [4.69, 9.17) is 4.74 Å². The zero-order valence-corrected chi connectivity index (χ0v) is 13.4. The summed E-state index contributed by atoms with van der Waals surface area (Å²) in [4.78, 5) is 18.7. The van der Waals surface area contributed by atoms with Gasteiger partial charge in [-0.2, -0.15) is 0 Å². The van der Waals surface area contributed by atoms with Gasteiger partial charge >= 0.3 is 6.09 Å². The van der Waals surface area contributed by atoms with Gasteiger partial charge < -0.3 is 19.5 Å². The van der Waals surface area contributed by atoms with Crippen LogP contribution in [0.4, 0.5) is 4.79 Å². The Balaban J connectivity index is 1.79. The number of aromatic nitrogens is 1. The molecule has 5 nitrogen and oxygen atoms in total. The SMILES string of the molecule is CN(C)CCc1c[nH]c2ccc(CC3COC(=O)N3C)cc12. The van der Waals surface area contributed by atoms with Crippen molar-refractivity contribution in [1.82, 2.24) is 14.8 Å². The maximum absolute atomic E-state index is 11.4. The molecule has 0 saturated carbocycles. The Kier molecular flexibility index (Phi) is 4.07. The van der Waals surface area contributed by atoms with Crippen LogP contribution in [0.25, 0.3) is 10.9 Å². The summed E-state index contributed by atoms with van der Waals surface area (Å²) in [6, 6.07) is 6.63. The molecule has 22 heavy (non-hydrogen) atoms. The number of ether oxygens (including phenoxy) is 1. The van der Waals surface area contributed by atoms with Gasteiger partial charge in [0.15, 0.2) is 0 Å². The molecule has 1 atom stereocenters. The molecular weight excluding hydrogens is 278 g/mol. The molecule has 1 aliphatic heterocycles. The summed E-state index contributed by atoms with van der Waals surface area (Å²) in [6.45, 7) is 1.51. The Bertz CT molecular complexity index is 678. The van der Waals surface area contributed by atoms with Gasteiger partial charge in [0.25, 0.3) is 0 Å². The van der Waals surface area contributed by atoms with E-state index in [2.05, 4.69) is 48.4 Å². The summed E-state index contributed by atoms with van der Waals surface area (Å²) in [6.07, 6.45) is 3.74. The number of hydrogen-bond donors (Lipinski definition) is 1. The van der Waals surface area contributed by atoms with Gasteiger partial charge in [-0.1, -0.05) is 6.07 Å². The molecular formula is C17H23N3O2. The van der Waals surface area contributed by atoms with Crippen molar-refractivity contribution in [3.05, 3.63) is 35.5 Å². The van der Waals surface area contributed by atoms with Gasteiger partial charge in [0, 0.05) is 30.7 Å². The third-order valence-electron chi connectivity index (χ3n) is 4.37. The van der Waals surface area contributed by atoms with Gasteiger partial charge in [-0.15, -0.1) is 0 Å². The van der Waals surface area contributed by atoms with Gasteiger partial charge in [-0.3, -0.25) is 0 Å². The third-order valence-corrected chi connectivity index (χ3v) is 4.37. The number of rotatable bonds is 5. The fourth-order valence-electron chi connectivity index (χ4n) is 2.90. The second-order valence-electron chi connectivity index (χ2n) is 6.29. The normalized spacial score (nSPS) is 18.5. The molecule has 3 rings (SSSR count). The Morgan fingerprint density at radius 1 is 1.41 bits per heavy atom. The number of amides is 1. The van der Waals surface area contributed by atoms with Gasteiger partial charge in [-0.05, 0) is 50.2 Å². The predicted molar refractivity (Wildman–Crippen MR) is 87.2 cm³/mol. The van der Waals surface area contributed by atoms with Crippen molar-refractivity contribution < 1.29 is 9.53 Å². The third kappa shape index (κ3) is 2.95. The molecule has 1 fully saturated rings. The number of H-pyrrole nitrogens is 1. The highest BCUT2D eigenvalue weighted by Gasteiger charge is 2.29. The fraction of sp³-hybridized carbons (Fsp3) is 0.471. The topological polar surface area (TPSA) is 48.6 Å². The van der Waals surface area contributed by atoms with Crippen LogP contribution in [0.2, 0.25) is 0 Å². The second-order valence-corrected chi connectivity index (χ2v) is 6.29. The molecule has 1 unspecified atom stereocenters. The van der Waals surface area contributed by atoms with Crippen molar-refractivity contribution in [2.24, 2.45) is 0 Å². The summed E-state index contributed by atoms with van der Waals surface area (Å²) in [5, 5.41) is 1.28. The van der Waals surface area contributed by atoms with Crippen LogP contribution in [0.1, 0.15) is 11.1 Å². The van der Waals surface area contributed by atoms with E-state index in [1.165, 1.54) is 22.0 Å². The Hall–Kier alpha value is -2.01. The van der Waals surface area contributed by atoms with E-state index in [0.717, 1.165) is 19.4 Å². The van der Waals surface area contributed by atoms with Crippen molar-refractivity contribution >= 4 is 17.0 Å². The minimum absolute atomic E-state index is 0.133. The van der Waals surface area contributed by atoms with Crippen LogP contribution in [0.5, 0.6) is 0 Å². The Morgan fingerprint density at radius 3 is 2.91 bits per heavy atom. The molecule has 0 spiro atoms. The first-order valence-electron chi connectivity index (χ1n) is 7.68. The zero-order valence-electron chi connectivity index (χ0n) is 13.4. The molecule has 1 N–H and O–H groups in total. The first-order valence-corrected chi connectivity index (χ1v) is 7.68. The number of carbonyl (C=O) groups is 1. The number of carbonyl (C=O) groups excluding carboxylic acids is 1. The molecule has 5 heteroatoms. The summed E-state index contributed by atoms with van der Waals surface area (Å²) in [7, 11) is 5.98. The molecule has 1 amide bonds. The van der Waals surface area contributed by atoms with Crippen LogP contribution in [0.3, 0.4) is 0 Å². The monoisotopic (exact) mass is 301 g/mol. The van der Waals surface area contributed by atoms with Crippen LogP contribution in [0.15, 0.2) is 24.4 Å². The number of likely N-dealkylation sites (N-methyl/N-ethyl adjacent to an activating group) is 2. The number of cyclic esters (lactones) is 1. The van der Waals surface area contributed by atoms with E-state index in [1.54, 1.807) is 11.9 Å². The van der Waals surface area contributed by atoms with Crippen LogP contribution < -0.4 is 0 Å². The molecule has 2 aromatic rings. The van der Waals surface area contributed by atoms with Crippen LogP contribution in [0, 0.1) is 0 Å². The second kappa shape index (κ2) is 6.01. The molecule has 2 heterocycles. The highest BCUT2D eigenvalue weighted by Crippen LogP contribution is 2.23. The number of benzene rings is 1. The molecule has 0 aliphatic carbocycles. The minimum atomic E-state index is -0.223. The first kappa shape index (κ1) is 14.9. The largest absolute Gasteiger partial charge is 0.447 e. The highest BCUT2D eigenvalue weighted by molar-refractivity contribution is 5.84. The lowest BCUT2D eigenvalue weighted by atomic mass is 10.0.